The van der Waals surface area contributed by atoms with Crippen molar-refractivity contribution in [2.24, 2.45) is 0 Å². The van der Waals surface area contributed by atoms with E-state index in [1.807, 2.05) is 29.2 Å². The number of benzene rings is 1. The van der Waals surface area contributed by atoms with E-state index in [4.69, 9.17) is 9.47 Å². The second-order valence-corrected chi connectivity index (χ2v) is 7.11. The average Bonchev–Trinajstić information content (AvgIpc) is 3.17. The Kier molecular flexibility index (Phi) is 5.06. The third-order valence-electron chi connectivity index (χ3n) is 4.48. The summed E-state index contributed by atoms with van der Waals surface area (Å²) in [6.45, 7) is 2.88. The van der Waals surface area contributed by atoms with Crippen LogP contribution in [-0.2, 0) is 4.79 Å². The molecule has 0 spiro atoms. The molecule has 1 aromatic carbocycles. The maximum Gasteiger partial charge on any atom is 0.260 e. The van der Waals surface area contributed by atoms with Crippen LogP contribution in [0.2, 0.25) is 0 Å². The van der Waals surface area contributed by atoms with Crippen LogP contribution in [-0.4, -0.2) is 60.7 Å². The molecule has 7 nitrogen and oxygen atoms in total. The van der Waals surface area contributed by atoms with Gasteiger partial charge in [0.25, 0.3) is 5.91 Å². The van der Waals surface area contributed by atoms with E-state index in [1.165, 1.54) is 0 Å². The molecule has 3 aromatic rings. The molecule has 1 amide bonds. The van der Waals surface area contributed by atoms with Gasteiger partial charge in [-0.25, -0.2) is 9.97 Å². The standard InChI is InChI=1S/C19H20N4O3S/c1-25-14-4-6-15(7-5-14)26-13-17(24)22-9-11-23(12-10-22)19-21-16-3-2-8-20-18(16)27-19/h2-8H,9-13H2,1H3. The van der Waals surface area contributed by atoms with Crippen molar-refractivity contribution < 1.29 is 14.3 Å². The Labute approximate surface area is 161 Å². The van der Waals surface area contributed by atoms with E-state index in [9.17, 15) is 4.79 Å². The highest BCUT2D eigenvalue weighted by Crippen LogP contribution is 2.27. The van der Waals surface area contributed by atoms with Gasteiger partial charge in [-0.05, 0) is 36.4 Å². The number of hydrogen-bond donors (Lipinski definition) is 0. The fourth-order valence-corrected chi connectivity index (χ4v) is 3.91. The molecule has 0 saturated carbocycles. The normalized spacial score (nSPS) is 14.4. The summed E-state index contributed by atoms with van der Waals surface area (Å²) in [5.74, 6) is 1.41. The predicted octanol–water partition coefficient (Wildman–Crippen LogP) is 2.43. The molecule has 0 atom stereocenters. The molecule has 1 saturated heterocycles. The molecule has 0 aliphatic carbocycles. The molecule has 1 fully saturated rings. The van der Waals surface area contributed by atoms with E-state index in [-0.39, 0.29) is 12.5 Å². The summed E-state index contributed by atoms with van der Waals surface area (Å²) in [4.78, 5) is 26.4. The lowest BCUT2D eigenvalue weighted by atomic mass is 10.3. The maximum absolute atomic E-state index is 12.4. The number of carbonyl (C=O) groups excluding carboxylic acids is 1. The van der Waals surface area contributed by atoms with Crippen LogP contribution < -0.4 is 14.4 Å². The van der Waals surface area contributed by atoms with E-state index in [0.717, 1.165) is 34.3 Å². The van der Waals surface area contributed by atoms with Crippen molar-refractivity contribution in [3.8, 4) is 11.5 Å². The zero-order valence-corrected chi connectivity index (χ0v) is 15.8. The van der Waals surface area contributed by atoms with Crippen LogP contribution in [0.25, 0.3) is 10.3 Å². The molecule has 3 heterocycles. The monoisotopic (exact) mass is 384 g/mol. The number of rotatable bonds is 5. The minimum absolute atomic E-state index is 0.00330. The number of carbonyl (C=O) groups is 1. The van der Waals surface area contributed by atoms with E-state index in [0.29, 0.717) is 18.8 Å². The third-order valence-corrected chi connectivity index (χ3v) is 5.52. The fourth-order valence-electron chi connectivity index (χ4n) is 2.95. The van der Waals surface area contributed by atoms with Crippen molar-refractivity contribution >= 4 is 32.7 Å². The molecular formula is C19H20N4O3S. The summed E-state index contributed by atoms with van der Waals surface area (Å²) >= 11 is 1.59. The van der Waals surface area contributed by atoms with Gasteiger partial charge < -0.3 is 19.3 Å². The summed E-state index contributed by atoms with van der Waals surface area (Å²) in [5, 5.41) is 0.963. The number of anilines is 1. The van der Waals surface area contributed by atoms with Crippen LogP contribution in [0.3, 0.4) is 0 Å². The molecule has 0 bridgehead atoms. The highest BCUT2D eigenvalue weighted by atomic mass is 32.1. The molecule has 140 valence electrons. The first-order valence-electron chi connectivity index (χ1n) is 8.74. The van der Waals surface area contributed by atoms with Gasteiger partial charge in [-0.2, -0.15) is 0 Å². The predicted molar refractivity (Wildman–Crippen MR) is 105 cm³/mol. The molecule has 4 rings (SSSR count). The van der Waals surface area contributed by atoms with Crippen LogP contribution in [0.1, 0.15) is 0 Å². The van der Waals surface area contributed by atoms with E-state index >= 15 is 0 Å². The quantitative estimate of drug-likeness (QED) is 0.673. The Hall–Kier alpha value is -2.87. The SMILES string of the molecule is COc1ccc(OCC(=O)N2CCN(c3nc4cccnc4s3)CC2)cc1. The topological polar surface area (TPSA) is 67.8 Å². The second kappa shape index (κ2) is 7.79. The third kappa shape index (κ3) is 3.95. The van der Waals surface area contributed by atoms with Gasteiger partial charge in [0.2, 0.25) is 0 Å². The number of amides is 1. The van der Waals surface area contributed by atoms with Crippen LogP contribution >= 0.6 is 11.3 Å². The Balaban J connectivity index is 1.29. The zero-order valence-electron chi connectivity index (χ0n) is 15.0. The molecule has 2 aromatic heterocycles. The number of pyridine rings is 1. The summed E-state index contributed by atoms with van der Waals surface area (Å²) in [6.07, 6.45) is 1.78. The minimum Gasteiger partial charge on any atom is -0.497 e. The first-order valence-corrected chi connectivity index (χ1v) is 9.56. The van der Waals surface area contributed by atoms with Gasteiger partial charge in [-0.1, -0.05) is 11.3 Å². The first-order chi connectivity index (χ1) is 13.2. The van der Waals surface area contributed by atoms with E-state index in [2.05, 4.69) is 14.9 Å². The number of hydrogen-bond acceptors (Lipinski definition) is 7. The smallest absolute Gasteiger partial charge is 0.260 e. The van der Waals surface area contributed by atoms with Crippen molar-refractivity contribution in [3.05, 3.63) is 42.6 Å². The number of aromatic nitrogens is 2. The van der Waals surface area contributed by atoms with Crippen molar-refractivity contribution in [1.82, 2.24) is 14.9 Å². The van der Waals surface area contributed by atoms with Crippen molar-refractivity contribution in [3.63, 3.8) is 0 Å². The number of ether oxygens (including phenoxy) is 2. The molecule has 0 unspecified atom stereocenters. The van der Waals surface area contributed by atoms with Crippen LogP contribution in [0, 0.1) is 0 Å². The maximum atomic E-state index is 12.4. The van der Waals surface area contributed by atoms with Gasteiger partial charge in [0.05, 0.1) is 7.11 Å². The molecule has 1 aliphatic rings. The summed E-state index contributed by atoms with van der Waals surface area (Å²) in [5.41, 5.74) is 0.920. The van der Waals surface area contributed by atoms with Gasteiger partial charge >= 0.3 is 0 Å². The van der Waals surface area contributed by atoms with Gasteiger partial charge in [-0.3, -0.25) is 4.79 Å². The number of thiazole rings is 1. The summed E-state index contributed by atoms with van der Waals surface area (Å²) in [6, 6.07) is 11.1. The van der Waals surface area contributed by atoms with Crippen molar-refractivity contribution in [1.29, 1.82) is 0 Å². The zero-order chi connectivity index (χ0) is 18.6. The van der Waals surface area contributed by atoms with Crippen molar-refractivity contribution in [2.75, 3.05) is 44.8 Å². The minimum atomic E-state index is -0.00330. The highest BCUT2D eigenvalue weighted by Gasteiger charge is 2.23. The molecule has 27 heavy (non-hydrogen) atoms. The number of nitrogens with zero attached hydrogens (tertiary/aromatic N) is 4. The molecule has 8 heteroatoms. The Morgan fingerprint density at radius 3 is 2.56 bits per heavy atom. The molecular weight excluding hydrogens is 364 g/mol. The molecule has 1 aliphatic heterocycles. The largest absolute Gasteiger partial charge is 0.497 e. The summed E-state index contributed by atoms with van der Waals surface area (Å²) < 4.78 is 10.7. The fraction of sp³-hybridized carbons (Fsp3) is 0.316. The van der Waals surface area contributed by atoms with Gasteiger partial charge in [0.15, 0.2) is 11.7 Å². The van der Waals surface area contributed by atoms with Gasteiger partial charge in [0, 0.05) is 32.4 Å². The van der Waals surface area contributed by atoms with Gasteiger partial charge in [0.1, 0.15) is 21.8 Å². The lowest BCUT2D eigenvalue weighted by Crippen LogP contribution is -2.50. The van der Waals surface area contributed by atoms with Crippen molar-refractivity contribution in [2.45, 2.75) is 0 Å². The highest BCUT2D eigenvalue weighted by molar-refractivity contribution is 7.21. The average molecular weight is 384 g/mol. The van der Waals surface area contributed by atoms with E-state index < -0.39 is 0 Å². The molecule has 0 N–H and O–H groups in total. The lowest BCUT2D eigenvalue weighted by Gasteiger charge is -2.34. The Morgan fingerprint density at radius 1 is 1.11 bits per heavy atom. The summed E-state index contributed by atoms with van der Waals surface area (Å²) in [7, 11) is 1.61. The van der Waals surface area contributed by atoms with Crippen LogP contribution in [0.4, 0.5) is 5.13 Å². The number of piperazine rings is 1. The second-order valence-electron chi connectivity index (χ2n) is 6.16. The number of fused-ring (bicyclic) bond motifs is 1. The first kappa shape index (κ1) is 17.5. The van der Waals surface area contributed by atoms with E-state index in [1.54, 1.807) is 36.8 Å². The lowest BCUT2D eigenvalue weighted by molar-refractivity contribution is -0.133. The number of methoxy groups -OCH3 is 1. The molecule has 0 radical (unpaired) electrons. The Morgan fingerprint density at radius 2 is 1.85 bits per heavy atom. The van der Waals surface area contributed by atoms with Crippen LogP contribution in [0.15, 0.2) is 42.6 Å². The van der Waals surface area contributed by atoms with Gasteiger partial charge in [-0.15, -0.1) is 0 Å². The Bertz CT molecular complexity index is 887. The van der Waals surface area contributed by atoms with Crippen LogP contribution in [0.5, 0.6) is 11.5 Å².